The van der Waals surface area contributed by atoms with Crippen molar-refractivity contribution in [2.45, 2.75) is 70.9 Å². The smallest absolute Gasteiger partial charge is 0.182 e. The van der Waals surface area contributed by atoms with E-state index >= 15 is 0 Å². The zero-order chi connectivity index (χ0) is 14.5. The maximum atomic E-state index is 12.9. The van der Waals surface area contributed by atoms with Gasteiger partial charge in [-0.1, -0.05) is 25.5 Å². The van der Waals surface area contributed by atoms with Crippen molar-refractivity contribution in [3.63, 3.8) is 0 Å². The molecule has 1 unspecified atom stereocenters. The van der Waals surface area contributed by atoms with Gasteiger partial charge in [0.2, 0.25) is 0 Å². The normalized spacial score (nSPS) is 22.3. The Balaban J connectivity index is 2.70. The lowest BCUT2D eigenvalue weighted by Gasteiger charge is -2.32. The molecular formula is C16H25NOS. The highest BCUT2D eigenvalue weighted by molar-refractivity contribution is 7.89. The number of hydrogen-bond donors (Lipinski definition) is 0. The highest BCUT2D eigenvalue weighted by atomic mass is 32.2. The van der Waals surface area contributed by atoms with Gasteiger partial charge < -0.3 is 4.55 Å². The molecule has 3 heteroatoms. The van der Waals surface area contributed by atoms with Crippen LogP contribution in [0.3, 0.4) is 0 Å². The number of aryl methyl sites for hydroxylation is 1. The lowest BCUT2D eigenvalue weighted by molar-refractivity contribution is 0.204. The van der Waals surface area contributed by atoms with Crippen LogP contribution in [-0.4, -0.2) is 14.9 Å². The summed E-state index contributed by atoms with van der Waals surface area (Å²) < 4.78 is 15.1. The predicted molar refractivity (Wildman–Crippen MR) is 81.7 cm³/mol. The Morgan fingerprint density at radius 1 is 1.16 bits per heavy atom. The van der Waals surface area contributed by atoms with Crippen LogP contribution in [0.1, 0.15) is 64.2 Å². The molecule has 106 valence electrons. The summed E-state index contributed by atoms with van der Waals surface area (Å²) in [7, 11) is 0. The minimum atomic E-state index is -1.04. The van der Waals surface area contributed by atoms with Crippen molar-refractivity contribution >= 4 is 11.4 Å². The molecule has 1 aromatic carbocycles. The molecule has 0 amide bonds. The fourth-order valence-corrected chi connectivity index (χ4v) is 5.23. The van der Waals surface area contributed by atoms with Gasteiger partial charge in [-0.25, -0.2) is 0 Å². The summed E-state index contributed by atoms with van der Waals surface area (Å²) in [4.78, 5) is 1.05. The SMILES string of the molecule is Cc1cc(C(C)C)c2c(c1)C(C)(C)N(C(C)C)[S+]2[O-]. The van der Waals surface area contributed by atoms with Crippen molar-refractivity contribution in [3.05, 3.63) is 28.8 Å². The van der Waals surface area contributed by atoms with Gasteiger partial charge in [0.15, 0.2) is 4.90 Å². The van der Waals surface area contributed by atoms with Crippen LogP contribution in [0.4, 0.5) is 0 Å². The standard InChI is InChI=1S/C16H25NOS/c1-10(2)13-8-12(5)9-14-15(13)19(18)17(11(3)4)16(14,6)7/h8-11H,1-7H3. The Labute approximate surface area is 120 Å². The number of nitrogens with zero attached hydrogens (tertiary/aromatic N) is 1. The maximum Gasteiger partial charge on any atom is 0.182 e. The third-order valence-corrected chi connectivity index (χ3v) is 5.96. The first kappa shape index (κ1) is 14.9. The molecule has 1 atom stereocenters. The van der Waals surface area contributed by atoms with Crippen molar-refractivity contribution in [2.75, 3.05) is 0 Å². The third-order valence-electron chi connectivity index (χ3n) is 3.92. The van der Waals surface area contributed by atoms with Crippen LogP contribution in [0.2, 0.25) is 0 Å². The average Bonchev–Trinajstić information content (AvgIpc) is 2.45. The number of benzene rings is 1. The first-order valence-corrected chi connectivity index (χ1v) is 8.14. The third kappa shape index (κ3) is 2.22. The van der Waals surface area contributed by atoms with E-state index in [2.05, 4.69) is 64.9 Å². The fourth-order valence-electron chi connectivity index (χ4n) is 3.14. The minimum absolute atomic E-state index is 0.163. The molecule has 0 saturated heterocycles. The zero-order valence-corrected chi connectivity index (χ0v) is 13.9. The van der Waals surface area contributed by atoms with Gasteiger partial charge in [0, 0.05) is 11.1 Å². The van der Waals surface area contributed by atoms with Gasteiger partial charge in [-0.15, -0.1) is 4.31 Å². The Morgan fingerprint density at radius 2 is 1.74 bits per heavy atom. The molecule has 0 bridgehead atoms. The fraction of sp³-hybridized carbons (Fsp3) is 0.625. The van der Waals surface area contributed by atoms with Crippen molar-refractivity contribution in [1.82, 2.24) is 4.31 Å². The van der Waals surface area contributed by atoms with Gasteiger partial charge in [0.25, 0.3) is 0 Å². The molecule has 1 aliphatic heterocycles. The summed E-state index contributed by atoms with van der Waals surface area (Å²) in [5.41, 5.74) is 3.58. The summed E-state index contributed by atoms with van der Waals surface area (Å²) in [5, 5.41) is 0. The van der Waals surface area contributed by atoms with Crippen LogP contribution >= 0.6 is 0 Å². The van der Waals surface area contributed by atoms with E-state index in [0.717, 1.165) is 4.90 Å². The van der Waals surface area contributed by atoms with Gasteiger partial charge >= 0.3 is 0 Å². The first-order valence-electron chi connectivity index (χ1n) is 7.04. The molecule has 0 aromatic heterocycles. The molecular weight excluding hydrogens is 254 g/mol. The number of rotatable bonds is 2. The van der Waals surface area contributed by atoms with E-state index in [0.29, 0.717) is 5.92 Å². The van der Waals surface area contributed by atoms with Crippen molar-refractivity contribution in [2.24, 2.45) is 0 Å². The molecule has 0 N–H and O–H groups in total. The molecule has 1 aromatic rings. The monoisotopic (exact) mass is 279 g/mol. The molecule has 1 heterocycles. The second-order valence-electron chi connectivity index (χ2n) is 6.61. The van der Waals surface area contributed by atoms with E-state index in [1.165, 1.54) is 16.7 Å². The minimum Gasteiger partial charge on any atom is -0.593 e. The van der Waals surface area contributed by atoms with Crippen LogP contribution < -0.4 is 0 Å². The second kappa shape index (κ2) is 4.80. The molecule has 1 aliphatic rings. The maximum absolute atomic E-state index is 12.9. The molecule has 19 heavy (non-hydrogen) atoms. The largest absolute Gasteiger partial charge is 0.593 e. The van der Waals surface area contributed by atoms with Gasteiger partial charge in [-0.2, -0.15) is 0 Å². The lowest BCUT2D eigenvalue weighted by Crippen LogP contribution is -2.43. The van der Waals surface area contributed by atoms with Crippen molar-refractivity contribution in [1.29, 1.82) is 0 Å². The topological polar surface area (TPSA) is 26.3 Å². The first-order chi connectivity index (χ1) is 8.67. The molecule has 2 rings (SSSR count). The summed E-state index contributed by atoms with van der Waals surface area (Å²) in [6.07, 6.45) is 0. The molecule has 0 fully saturated rings. The van der Waals surface area contributed by atoms with Gasteiger partial charge in [0.1, 0.15) is 0 Å². The molecule has 0 spiro atoms. The van der Waals surface area contributed by atoms with Crippen LogP contribution in [0.25, 0.3) is 0 Å². The van der Waals surface area contributed by atoms with Crippen LogP contribution in [0, 0.1) is 6.92 Å². The Bertz CT molecular complexity index is 494. The summed E-state index contributed by atoms with van der Waals surface area (Å²) in [5.74, 6) is 0.403. The second-order valence-corrected chi connectivity index (χ2v) is 7.91. The molecule has 0 aliphatic carbocycles. The molecule has 2 nitrogen and oxygen atoms in total. The zero-order valence-electron chi connectivity index (χ0n) is 13.1. The summed E-state index contributed by atoms with van der Waals surface area (Å²) in [6.45, 7) is 15.1. The van der Waals surface area contributed by atoms with Crippen LogP contribution in [-0.2, 0) is 16.9 Å². The number of hydrogen-bond acceptors (Lipinski definition) is 2. The summed E-state index contributed by atoms with van der Waals surface area (Å²) in [6, 6.07) is 4.67. The Kier molecular flexibility index (Phi) is 3.76. The van der Waals surface area contributed by atoms with E-state index < -0.39 is 11.4 Å². The quantitative estimate of drug-likeness (QED) is 0.762. The Morgan fingerprint density at radius 3 is 2.21 bits per heavy atom. The van der Waals surface area contributed by atoms with E-state index in [1.807, 2.05) is 0 Å². The highest BCUT2D eigenvalue weighted by Gasteiger charge is 2.51. The van der Waals surface area contributed by atoms with Gasteiger partial charge in [-0.3, -0.25) is 0 Å². The van der Waals surface area contributed by atoms with Crippen LogP contribution in [0.5, 0.6) is 0 Å². The van der Waals surface area contributed by atoms with Crippen molar-refractivity contribution < 1.29 is 4.55 Å². The van der Waals surface area contributed by atoms with Gasteiger partial charge in [0.05, 0.1) is 22.9 Å². The predicted octanol–water partition coefficient (Wildman–Crippen LogP) is 4.10. The Hall–Kier alpha value is -0.510. The van der Waals surface area contributed by atoms with E-state index in [-0.39, 0.29) is 11.6 Å². The lowest BCUT2D eigenvalue weighted by atomic mass is 9.88. The average molecular weight is 279 g/mol. The molecule has 0 saturated carbocycles. The van der Waals surface area contributed by atoms with Crippen LogP contribution in [0.15, 0.2) is 17.0 Å². The highest BCUT2D eigenvalue weighted by Crippen LogP contribution is 2.48. The van der Waals surface area contributed by atoms with E-state index in [4.69, 9.17) is 0 Å². The van der Waals surface area contributed by atoms with E-state index in [1.54, 1.807) is 0 Å². The number of fused-ring (bicyclic) bond motifs is 1. The van der Waals surface area contributed by atoms with Crippen molar-refractivity contribution in [3.8, 4) is 0 Å². The van der Waals surface area contributed by atoms with E-state index in [9.17, 15) is 4.55 Å². The molecule has 0 radical (unpaired) electrons. The summed E-state index contributed by atoms with van der Waals surface area (Å²) >= 11 is -1.04. The van der Waals surface area contributed by atoms with Gasteiger partial charge in [-0.05, 0) is 46.6 Å².